The summed E-state index contributed by atoms with van der Waals surface area (Å²) < 4.78 is 5.96. The van der Waals surface area contributed by atoms with Crippen molar-refractivity contribution >= 4 is 23.3 Å². The number of para-hydroxylation sites is 1. The van der Waals surface area contributed by atoms with Gasteiger partial charge in [-0.3, -0.25) is 9.59 Å². The number of nitrogens with zero attached hydrogens (tertiary/aromatic N) is 3. The van der Waals surface area contributed by atoms with E-state index in [-0.39, 0.29) is 31.1 Å². The molecule has 32 heavy (non-hydrogen) atoms. The first-order valence-electron chi connectivity index (χ1n) is 11.3. The molecule has 1 N–H and O–H groups in total. The van der Waals surface area contributed by atoms with E-state index in [9.17, 15) is 9.59 Å². The molecule has 0 unspecified atom stereocenters. The molecular weight excluding hydrogens is 404 g/mol. The van der Waals surface area contributed by atoms with Crippen LogP contribution in [0.25, 0.3) is 0 Å². The van der Waals surface area contributed by atoms with Crippen LogP contribution in [0.15, 0.2) is 48.7 Å². The van der Waals surface area contributed by atoms with E-state index < -0.39 is 0 Å². The molecule has 0 aliphatic heterocycles. The number of carbonyl (C=O) groups is 2. The predicted molar refractivity (Wildman–Crippen MR) is 123 cm³/mol. The Kier molecular flexibility index (Phi) is 9.05. The Morgan fingerprint density at radius 1 is 1.09 bits per heavy atom. The monoisotopic (exact) mass is 434 g/mol. The highest BCUT2D eigenvalue weighted by atomic mass is 16.5. The Labute approximate surface area is 189 Å². The van der Waals surface area contributed by atoms with Gasteiger partial charge in [0.05, 0.1) is 19.1 Å². The fourth-order valence-corrected chi connectivity index (χ4v) is 3.88. The van der Waals surface area contributed by atoms with Crippen molar-refractivity contribution in [1.82, 2.24) is 4.98 Å². The molecule has 2 amide bonds. The number of amides is 2. The van der Waals surface area contributed by atoms with Crippen LogP contribution < -0.4 is 15.0 Å². The number of rotatable bonds is 10. The summed E-state index contributed by atoms with van der Waals surface area (Å²) in [7, 11) is 0. The van der Waals surface area contributed by atoms with E-state index in [2.05, 4.69) is 16.4 Å². The maximum atomic E-state index is 12.7. The fourth-order valence-electron chi connectivity index (χ4n) is 3.88. The molecule has 0 spiro atoms. The van der Waals surface area contributed by atoms with E-state index >= 15 is 0 Å². The van der Waals surface area contributed by atoms with E-state index in [0.717, 1.165) is 5.69 Å². The molecule has 1 aliphatic rings. The summed E-state index contributed by atoms with van der Waals surface area (Å²) in [6.07, 6.45) is 8.02. The third-order valence-electron chi connectivity index (χ3n) is 5.61. The molecular formula is C25H30N4O3. The van der Waals surface area contributed by atoms with Gasteiger partial charge in [-0.25, -0.2) is 4.98 Å². The smallest absolute Gasteiger partial charge is 0.227 e. The highest BCUT2D eigenvalue weighted by molar-refractivity contribution is 5.98. The van der Waals surface area contributed by atoms with Gasteiger partial charge >= 0.3 is 0 Å². The van der Waals surface area contributed by atoms with Gasteiger partial charge < -0.3 is 15.0 Å². The summed E-state index contributed by atoms with van der Waals surface area (Å²) in [5.41, 5.74) is 0.719. The number of anilines is 2. The first kappa shape index (κ1) is 23.3. The molecule has 2 aromatic rings. The van der Waals surface area contributed by atoms with Crippen molar-refractivity contribution in [2.24, 2.45) is 5.92 Å². The Balaban J connectivity index is 1.53. The summed E-state index contributed by atoms with van der Waals surface area (Å²) in [5.74, 6) is 0.981. The molecule has 1 aromatic heterocycles. The second-order valence-electron chi connectivity index (χ2n) is 8.00. The van der Waals surface area contributed by atoms with Crippen LogP contribution in [0.4, 0.5) is 11.5 Å². The Morgan fingerprint density at radius 3 is 2.62 bits per heavy atom. The van der Waals surface area contributed by atoms with Crippen LogP contribution in [-0.4, -0.2) is 29.9 Å². The van der Waals surface area contributed by atoms with Crippen LogP contribution in [0.2, 0.25) is 0 Å². The Bertz CT molecular complexity index is 920. The SMILES string of the molecule is N#CCCN(C(=O)CCC(=O)Nc1ncccc1OCC1CCCCC1)c1ccccc1. The van der Waals surface area contributed by atoms with Crippen molar-refractivity contribution in [3.8, 4) is 11.8 Å². The molecule has 0 saturated heterocycles. The van der Waals surface area contributed by atoms with Gasteiger partial charge in [-0.05, 0) is 43.0 Å². The fraction of sp³-hybridized carbons (Fsp3) is 0.440. The lowest BCUT2D eigenvalue weighted by Gasteiger charge is -2.22. The van der Waals surface area contributed by atoms with Gasteiger partial charge in [-0.2, -0.15) is 5.26 Å². The lowest BCUT2D eigenvalue weighted by molar-refractivity contribution is -0.122. The number of pyridine rings is 1. The summed E-state index contributed by atoms with van der Waals surface area (Å²) in [6.45, 7) is 0.915. The lowest BCUT2D eigenvalue weighted by Crippen LogP contribution is -2.32. The molecule has 7 heteroatoms. The van der Waals surface area contributed by atoms with E-state index in [1.807, 2.05) is 30.3 Å². The van der Waals surface area contributed by atoms with Crippen LogP contribution in [0, 0.1) is 17.2 Å². The summed E-state index contributed by atoms with van der Waals surface area (Å²) >= 11 is 0. The number of benzene rings is 1. The molecule has 1 saturated carbocycles. The van der Waals surface area contributed by atoms with Gasteiger partial charge in [-0.15, -0.1) is 0 Å². The second kappa shape index (κ2) is 12.5. The first-order chi connectivity index (χ1) is 15.7. The largest absolute Gasteiger partial charge is 0.489 e. The van der Waals surface area contributed by atoms with Crippen LogP contribution in [0.3, 0.4) is 0 Å². The van der Waals surface area contributed by atoms with Gasteiger partial charge in [0.1, 0.15) is 0 Å². The van der Waals surface area contributed by atoms with Crippen LogP contribution in [-0.2, 0) is 9.59 Å². The zero-order valence-corrected chi connectivity index (χ0v) is 18.3. The third-order valence-corrected chi connectivity index (χ3v) is 5.61. The van der Waals surface area contributed by atoms with E-state index in [1.54, 1.807) is 23.2 Å². The number of hydrogen-bond acceptors (Lipinski definition) is 5. The van der Waals surface area contributed by atoms with Crippen molar-refractivity contribution in [1.29, 1.82) is 5.26 Å². The normalized spacial score (nSPS) is 13.7. The molecule has 0 radical (unpaired) electrons. The van der Waals surface area contributed by atoms with Gasteiger partial charge in [-0.1, -0.05) is 37.5 Å². The summed E-state index contributed by atoms with van der Waals surface area (Å²) in [6, 6.07) is 14.8. The van der Waals surface area contributed by atoms with E-state index in [1.165, 1.54) is 32.1 Å². The minimum Gasteiger partial charge on any atom is -0.489 e. The zero-order chi connectivity index (χ0) is 22.6. The van der Waals surface area contributed by atoms with E-state index in [4.69, 9.17) is 10.00 Å². The number of nitriles is 1. The molecule has 0 atom stereocenters. The molecule has 1 fully saturated rings. The molecule has 1 aromatic carbocycles. The second-order valence-corrected chi connectivity index (χ2v) is 8.00. The van der Waals surface area contributed by atoms with Gasteiger partial charge in [0.25, 0.3) is 0 Å². The number of ether oxygens (including phenoxy) is 1. The molecule has 1 aliphatic carbocycles. The Morgan fingerprint density at radius 2 is 1.88 bits per heavy atom. The van der Waals surface area contributed by atoms with Gasteiger partial charge in [0, 0.05) is 31.3 Å². The standard InChI is InChI=1S/C25H30N4O3/c26-16-8-18-29(21-11-5-2-6-12-21)24(31)15-14-23(30)28-25-22(13-7-17-27-25)32-19-20-9-3-1-4-10-20/h2,5-7,11-13,17,20H,1,3-4,8-10,14-15,18-19H2,(H,27,28,30). The van der Waals surface area contributed by atoms with Crippen molar-refractivity contribution < 1.29 is 14.3 Å². The van der Waals surface area contributed by atoms with Gasteiger partial charge in [0.2, 0.25) is 11.8 Å². The van der Waals surface area contributed by atoms with Crippen LogP contribution >= 0.6 is 0 Å². The number of nitrogens with one attached hydrogen (secondary N) is 1. The van der Waals surface area contributed by atoms with E-state index in [0.29, 0.717) is 30.6 Å². The summed E-state index contributed by atoms with van der Waals surface area (Å²) in [4.78, 5) is 31.1. The minimum absolute atomic E-state index is 0.0212. The number of hydrogen-bond donors (Lipinski definition) is 1. The minimum atomic E-state index is -0.298. The number of carbonyl (C=O) groups excluding carboxylic acids is 2. The third kappa shape index (κ3) is 7.09. The van der Waals surface area contributed by atoms with Gasteiger partial charge in [0.15, 0.2) is 11.6 Å². The van der Waals surface area contributed by atoms with Crippen molar-refractivity contribution in [3.05, 3.63) is 48.7 Å². The Hall–Kier alpha value is -3.40. The zero-order valence-electron chi connectivity index (χ0n) is 18.3. The number of aromatic nitrogens is 1. The molecule has 7 nitrogen and oxygen atoms in total. The summed E-state index contributed by atoms with van der Waals surface area (Å²) in [5, 5.41) is 11.7. The average Bonchev–Trinajstić information content (AvgIpc) is 2.84. The van der Waals surface area contributed by atoms with Crippen LogP contribution in [0.1, 0.15) is 51.4 Å². The maximum Gasteiger partial charge on any atom is 0.227 e. The highest BCUT2D eigenvalue weighted by Crippen LogP contribution is 2.27. The van der Waals surface area contributed by atoms with Crippen molar-refractivity contribution in [2.75, 3.05) is 23.4 Å². The lowest BCUT2D eigenvalue weighted by atomic mass is 9.90. The average molecular weight is 435 g/mol. The molecule has 1 heterocycles. The topological polar surface area (TPSA) is 95.3 Å². The van der Waals surface area contributed by atoms with Crippen molar-refractivity contribution in [2.45, 2.75) is 51.4 Å². The highest BCUT2D eigenvalue weighted by Gasteiger charge is 2.18. The van der Waals surface area contributed by atoms with Crippen molar-refractivity contribution in [3.63, 3.8) is 0 Å². The maximum absolute atomic E-state index is 12.7. The van der Waals surface area contributed by atoms with Crippen LogP contribution in [0.5, 0.6) is 5.75 Å². The first-order valence-corrected chi connectivity index (χ1v) is 11.3. The molecule has 3 rings (SSSR count). The molecule has 0 bridgehead atoms. The predicted octanol–water partition coefficient (Wildman–Crippen LogP) is 4.71. The molecule has 168 valence electrons. The quantitative estimate of drug-likeness (QED) is 0.584.